The molecule has 88 valence electrons. The van der Waals surface area contributed by atoms with E-state index in [1.165, 1.54) is 6.42 Å². The monoisotopic (exact) mass is 224 g/mol. The third-order valence-corrected chi connectivity index (χ3v) is 2.99. The second kappa shape index (κ2) is 5.25. The van der Waals surface area contributed by atoms with Gasteiger partial charge in [-0.2, -0.15) is 0 Å². The van der Waals surface area contributed by atoms with Crippen molar-refractivity contribution in [2.24, 2.45) is 5.73 Å². The molecule has 0 saturated heterocycles. The summed E-state index contributed by atoms with van der Waals surface area (Å²) in [6.07, 6.45) is 7.21. The summed E-state index contributed by atoms with van der Waals surface area (Å²) in [5.74, 6) is -0.301. The first-order valence-corrected chi connectivity index (χ1v) is 5.81. The van der Waals surface area contributed by atoms with Crippen molar-refractivity contribution in [3.8, 4) is 5.88 Å². The van der Waals surface area contributed by atoms with Crippen molar-refractivity contribution >= 4 is 0 Å². The Hall–Kier alpha value is -1.16. The summed E-state index contributed by atoms with van der Waals surface area (Å²) in [4.78, 5) is 3.93. The normalized spacial score (nSPS) is 17.4. The molecule has 1 aliphatic carbocycles. The van der Waals surface area contributed by atoms with Crippen molar-refractivity contribution in [2.45, 2.75) is 44.8 Å². The molecule has 16 heavy (non-hydrogen) atoms. The van der Waals surface area contributed by atoms with E-state index in [0.717, 1.165) is 25.7 Å². The number of nitrogens with zero attached hydrogens (tertiary/aromatic N) is 1. The summed E-state index contributed by atoms with van der Waals surface area (Å²) in [5.41, 5.74) is 5.89. The Labute approximate surface area is 94.8 Å². The molecule has 1 aliphatic rings. The first-order chi connectivity index (χ1) is 7.81. The van der Waals surface area contributed by atoms with Crippen molar-refractivity contribution in [3.63, 3.8) is 0 Å². The van der Waals surface area contributed by atoms with Crippen LogP contribution in [-0.4, -0.2) is 11.1 Å². The minimum absolute atomic E-state index is 0.106. The second-order valence-corrected chi connectivity index (χ2v) is 4.17. The van der Waals surface area contributed by atoms with Gasteiger partial charge in [-0.1, -0.05) is 6.42 Å². The van der Waals surface area contributed by atoms with Gasteiger partial charge in [-0.05, 0) is 31.7 Å². The molecule has 0 aliphatic heterocycles. The number of ether oxygens (including phenoxy) is 1. The molecule has 1 fully saturated rings. The lowest BCUT2D eigenvalue weighted by molar-refractivity contribution is 0.141. The van der Waals surface area contributed by atoms with Gasteiger partial charge in [0, 0.05) is 18.3 Å². The topological polar surface area (TPSA) is 48.1 Å². The van der Waals surface area contributed by atoms with Gasteiger partial charge < -0.3 is 10.5 Å². The number of hydrogen-bond acceptors (Lipinski definition) is 3. The number of pyridine rings is 1. The highest BCUT2D eigenvalue weighted by Crippen LogP contribution is 2.24. The smallest absolute Gasteiger partial charge is 0.250 e. The molecule has 0 atom stereocenters. The lowest BCUT2D eigenvalue weighted by atomic mass is 9.98. The van der Waals surface area contributed by atoms with Crippen LogP contribution in [0.2, 0.25) is 0 Å². The quantitative estimate of drug-likeness (QED) is 0.857. The third kappa shape index (κ3) is 2.50. The molecule has 2 rings (SSSR count). The van der Waals surface area contributed by atoms with E-state index < -0.39 is 5.82 Å². The Balaban J connectivity index is 2.08. The summed E-state index contributed by atoms with van der Waals surface area (Å²) in [6, 6.07) is 1.59. The van der Waals surface area contributed by atoms with Crippen LogP contribution in [0.3, 0.4) is 0 Å². The van der Waals surface area contributed by atoms with Gasteiger partial charge in [-0.15, -0.1) is 0 Å². The average molecular weight is 224 g/mol. The fraction of sp³-hybridized carbons (Fsp3) is 0.583. The van der Waals surface area contributed by atoms with Crippen LogP contribution in [0.15, 0.2) is 12.3 Å². The zero-order valence-electron chi connectivity index (χ0n) is 9.29. The molecular weight excluding hydrogens is 207 g/mol. The largest absolute Gasteiger partial charge is 0.472 e. The lowest BCUT2D eigenvalue weighted by Gasteiger charge is -2.22. The van der Waals surface area contributed by atoms with Crippen LogP contribution in [0.1, 0.15) is 37.7 Å². The maximum atomic E-state index is 13.8. The summed E-state index contributed by atoms with van der Waals surface area (Å²) in [6.45, 7) is 0.176. The highest BCUT2D eigenvalue weighted by molar-refractivity contribution is 5.23. The van der Waals surface area contributed by atoms with Gasteiger partial charge in [0.25, 0.3) is 5.88 Å². The maximum absolute atomic E-state index is 13.8. The van der Waals surface area contributed by atoms with E-state index in [-0.39, 0.29) is 18.5 Å². The molecule has 1 saturated carbocycles. The van der Waals surface area contributed by atoms with E-state index >= 15 is 0 Å². The summed E-state index contributed by atoms with van der Waals surface area (Å²) in [7, 11) is 0. The highest BCUT2D eigenvalue weighted by atomic mass is 19.1. The van der Waals surface area contributed by atoms with Gasteiger partial charge in [0.1, 0.15) is 6.10 Å². The van der Waals surface area contributed by atoms with Crippen LogP contribution in [0.4, 0.5) is 4.39 Å². The molecule has 0 spiro atoms. The van der Waals surface area contributed by atoms with Crippen LogP contribution in [0.25, 0.3) is 0 Å². The molecule has 1 aromatic rings. The van der Waals surface area contributed by atoms with Crippen molar-refractivity contribution in [2.75, 3.05) is 0 Å². The van der Waals surface area contributed by atoms with Crippen molar-refractivity contribution in [3.05, 3.63) is 23.6 Å². The van der Waals surface area contributed by atoms with E-state index in [4.69, 9.17) is 10.5 Å². The molecule has 1 aromatic heterocycles. The van der Waals surface area contributed by atoms with Gasteiger partial charge in [0.15, 0.2) is 5.82 Å². The second-order valence-electron chi connectivity index (χ2n) is 4.17. The molecule has 2 N–H and O–H groups in total. The van der Waals surface area contributed by atoms with E-state index in [0.29, 0.717) is 5.56 Å². The standard InChI is InChI=1S/C12H17FN2O/c13-11-9(8-14)6-7-15-12(11)16-10-4-2-1-3-5-10/h6-7,10H,1-5,8,14H2. The third-order valence-electron chi connectivity index (χ3n) is 2.99. The SMILES string of the molecule is NCc1ccnc(OC2CCCCC2)c1F. The van der Waals surface area contributed by atoms with Crippen LogP contribution in [0.5, 0.6) is 5.88 Å². The molecule has 4 heteroatoms. The minimum Gasteiger partial charge on any atom is -0.472 e. The molecule has 0 bridgehead atoms. The van der Waals surface area contributed by atoms with E-state index in [1.807, 2.05) is 0 Å². The number of nitrogens with two attached hydrogens (primary N) is 1. The number of hydrogen-bond donors (Lipinski definition) is 1. The Morgan fingerprint density at radius 3 is 2.81 bits per heavy atom. The summed E-state index contributed by atoms with van der Waals surface area (Å²) in [5, 5.41) is 0. The van der Waals surface area contributed by atoms with Crippen molar-refractivity contribution < 1.29 is 9.13 Å². The van der Waals surface area contributed by atoms with Crippen molar-refractivity contribution in [1.82, 2.24) is 4.98 Å². The van der Waals surface area contributed by atoms with Gasteiger partial charge in [-0.25, -0.2) is 9.37 Å². The predicted molar refractivity (Wildman–Crippen MR) is 59.6 cm³/mol. The number of rotatable bonds is 3. The molecule has 0 amide bonds. The fourth-order valence-electron chi connectivity index (χ4n) is 2.04. The van der Waals surface area contributed by atoms with Crippen LogP contribution in [0, 0.1) is 5.82 Å². The van der Waals surface area contributed by atoms with E-state index in [2.05, 4.69) is 4.98 Å². The maximum Gasteiger partial charge on any atom is 0.250 e. The summed E-state index contributed by atoms with van der Waals surface area (Å²) < 4.78 is 19.3. The van der Waals surface area contributed by atoms with Gasteiger partial charge in [0.2, 0.25) is 0 Å². The molecule has 0 unspecified atom stereocenters. The fourth-order valence-corrected chi connectivity index (χ4v) is 2.04. The Kier molecular flexibility index (Phi) is 3.72. The lowest BCUT2D eigenvalue weighted by Crippen LogP contribution is -2.21. The number of halogens is 1. The van der Waals surface area contributed by atoms with Crippen LogP contribution >= 0.6 is 0 Å². The van der Waals surface area contributed by atoms with Crippen LogP contribution in [-0.2, 0) is 6.54 Å². The number of aromatic nitrogens is 1. The van der Waals surface area contributed by atoms with Crippen LogP contribution < -0.4 is 10.5 Å². The average Bonchev–Trinajstić information content (AvgIpc) is 2.33. The van der Waals surface area contributed by atoms with Gasteiger partial charge >= 0.3 is 0 Å². The zero-order chi connectivity index (χ0) is 11.4. The van der Waals surface area contributed by atoms with Gasteiger partial charge in [-0.3, -0.25) is 0 Å². The first-order valence-electron chi connectivity index (χ1n) is 5.81. The van der Waals surface area contributed by atoms with Crippen molar-refractivity contribution in [1.29, 1.82) is 0 Å². The Morgan fingerprint density at radius 2 is 2.12 bits per heavy atom. The zero-order valence-corrected chi connectivity index (χ0v) is 9.29. The molecule has 1 heterocycles. The summed E-state index contributed by atoms with van der Waals surface area (Å²) >= 11 is 0. The molecule has 0 radical (unpaired) electrons. The van der Waals surface area contributed by atoms with Gasteiger partial charge in [0.05, 0.1) is 0 Å². The molecular formula is C12H17FN2O. The molecule has 3 nitrogen and oxygen atoms in total. The van der Waals surface area contributed by atoms with E-state index in [9.17, 15) is 4.39 Å². The van der Waals surface area contributed by atoms with E-state index in [1.54, 1.807) is 12.3 Å². The minimum atomic E-state index is -0.407. The Bertz CT molecular complexity index is 351. The Morgan fingerprint density at radius 1 is 1.38 bits per heavy atom. The first kappa shape index (κ1) is 11.3. The predicted octanol–water partition coefficient (Wildman–Crippen LogP) is 2.39. The molecule has 0 aromatic carbocycles. The highest BCUT2D eigenvalue weighted by Gasteiger charge is 2.18.